The SMILES string of the molecule is Cc1cc(N2C[C@H]3C[C@H]3C2=O)ncc1C(C)n1cc(C(=O)N[C@H]2C[C@@](C)(c3cc(Cl)ccc3C#N)C2)cn1. The number of aromatic nitrogens is 3. The summed E-state index contributed by atoms with van der Waals surface area (Å²) >= 11 is 6.19. The minimum Gasteiger partial charge on any atom is -0.349 e. The standard InChI is InChI=1S/C29H29ClN6O2/c1-16-6-26(35-14-19-7-23(19)28(35)38)32-13-24(16)17(2)36-15-20(12-33-36)27(37)34-22-9-29(3,10-22)25-8-21(30)5-4-18(25)11-31/h4-6,8,12-13,15,17,19,22-23H,7,9-10,14H2,1-3H3,(H,34,37)/t17?,19-,22-,23-,29+/m1/s1. The van der Waals surface area contributed by atoms with Crippen LogP contribution in [0.5, 0.6) is 0 Å². The van der Waals surface area contributed by atoms with Crippen LogP contribution >= 0.6 is 11.6 Å². The van der Waals surface area contributed by atoms with Crippen LogP contribution in [0, 0.1) is 30.1 Å². The van der Waals surface area contributed by atoms with Crippen molar-refractivity contribution >= 4 is 29.2 Å². The lowest BCUT2D eigenvalue weighted by atomic mass is 9.62. The summed E-state index contributed by atoms with van der Waals surface area (Å²) in [5.74, 6) is 1.43. The van der Waals surface area contributed by atoms with Crippen molar-refractivity contribution in [2.45, 2.75) is 57.5 Å². The van der Waals surface area contributed by atoms with Gasteiger partial charge in [0.25, 0.3) is 5.91 Å². The van der Waals surface area contributed by atoms with E-state index >= 15 is 0 Å². The van der Waals surface area contributed by atoms with E-state index in [1.165, 1.54) is 0 Å². The van der Waals surface area contributed by atoms with Crippen LogP contribution in [0.2, 0.25) is 5.02 Å². The minimum absolute atomic E-state index is 0.0112. The predicted molar refractivity (Wildman–Crippen MR) is 143 cm³/mol. The second kappa shape index (κ2) is 8.95. The van der Waals surface area contributed by atoms with Gasteiger partial charge in [0.2, 0.25) is 5.91 Å². The van der Waals surface area contributed by atoms with E-state index in [4.69, 9.17) is 11.6 Å². The molecule has 1 saturated heterocycles. The van der Waals surface area contributed by atoms with Gasteiger partial charge in [-0.1, -0.05) is 18.5 Å². The maximum Gasteiger partial charge on any atom is 0.254 e. The van der Waals surface area contributed by atoms with Gasteiger partial charge in [0, 0.05) is 35.9 Å². The number of fused-ring (bicyclic) bond motifs is 1. The molecule has 0 bridgehead atoms. The second-order valence-electron chi connectivity index (χ2n) is 11.3. The van der Waals surface area contributed by atoms with E-state index < -0.39 is 0 Å². The Balaban J connectivity index is 1.10. The van der Waals surface area contributed by atoms with Crippen molar-refractivity contribution in [1.82, 2.24) is 20.1 Å². The van der Waals surface area contributed by atoms with Crippen LogP contribution in [-0.2, 0) is 10.2 Å². The molecule has 0 radical (unpaired) electrons. The van der Waals surface area contributed by atoms with Crippen LogP contribution in [0.4, 0.5) is 5.82 Å². The number of amides is 2. The lowest BCUT2D eigenvalue weighted by molar-refractivity contribution is -0.118. The number of carbonyl (C=O) groups excluding carboxylic acids is 2. The fourth-order valence-corrected chi connectivity index (χ4v) is 6.33. The molecule has 8 nitrogen and oxygen atoms in total. The van der Waals surface area contributed by atoms with Gasteiger partial charge in [-0.05, 0) is 85.4 Å². The third kappa shape index (κ3) is 4.15. The van der Waals surface area contributed by atoms with E-state index in [-0.39, 0.29) is 35.2 Å². The molecule has 2 aromatic heterocycles. The smallest absolute Gasteiger partial charge is 0.254 e. The van der Waals surface area contributed by atoms with Crippen molar-refractivity contribution in [2.24, 2.45) is 11.8 Å². The Morgan fingerprint density at radius 3 is 2.76 bits per heavy atom. The lowest BCUT2D eigenvalue weighted by Crippen LogP contribution is -2.52. The Kier molecular flexibility index (Phi) is 5.80. The summed E-state index contributed by atoms with van der Waals surface area (Å²) in [6, 6.07) is 9.45. The number of aryl methyl sites for hydroxylation is 1. The molecule has 0 spiro atoms. The van der Waals surface area contributed by atoms with E-state index in [0.717, 1.165) is 42.5 Å². The molecule has 3 atom stereocenters. The number of anilines is 1. The lowest BCUT2D eigenvalue weighted by Gasteiger charge is -2.46. The van der Waals surface area contributed by atoms with Crippen LogP contribution in [-0.4, -0.2) is 39.2 Å². The van der Waals surface area contributed by atoms with Crippen LogP contribution in [0.25, 0.3) is 0 Å². The van der Waals surface area contributed by atoms with E-state index in [0.29, 0.717) is 27.9 Å². The zero-order valence-corrected chi connectivity index (χ0v) is 22.4. The van der Waals surface area contributed by atoms with Gasteiger partial charge in [-0.3, -0.25) is 19.2 Å². The molecule has 1 N–H and O–H groups in total. The number of piperidine rings is 1. The van der Waals surface area contributed by atoms with Gasteiger partial charge >= 0.3 is 0 Å². The monoisotopic (exact) mass is 528 g/mol. The first-order valence-corrected chi connectivity index (χ1v) is 13.4. The van der Waals surface area contributed by atoms with E-state index in [1.54, 1.807) is 34.1 Å². The molecule has 38 heavy (non-hydrogen) atoms. The summed E-state index contributed by atoms with van der Waals surface area (Å²) in [5.41, 5.74) is 3.87. The normalized spacial score (nSPS) is 26.3. The number of nitriles is 1. The third-order valence-electron chi connectivity index (χ3n) is 8.53. The number of pyridine rings is 1. The predicted octanol–water partition coefficient (Wildman–Crippen LogP) is 4.55. The summed E-state index contributed by atoms with van der Waals surface area (Å²) < 4.78 is 1.77. The van der Waals surface area contributed by atoms with Gasteiger partial charge in [-0.25, -0.2) is 4.98 Å². The van der Waals surface area contributed by atoms with Gasteiger partial charge in [-0.2, -0.15) is 10.4 Å². The quantitative estimate of drug-likeness (QED) is 0.505. The largest absolute Gasteiger partial charge is 0.349 e. The number of hydrogen-bond donors (Lipinski definition) is 1. The average molecular weight is 529 g/mol. The average Bonchev–Trinajstić information content (AvgIpc) is 3.33. The topological polar surface area (TPSA) is 104 Å². The minimum atomic E-state index is -0.205. The second-order valence-corrected chi connectivity index (χ2v) is 11.7. The van der Waals surface area contributed by atoms with E-state index in [2.05, 4.69) is 28.4 Å². The van der Waals surface area contributed by atoms with E-state index in [1.807, 2.05) is 32.2 Å². The van der Waals surface area contributed by atoms with Gasteiger partial charge in [0.1, 0.15) is 5.82 Å². The Bertz CT molecular complexity index is 1500. The summed E-state index contributed by atoms with van der Waals surface area (Å²) in [7, 11) is 0. The van der Waals surface area contributed by atoms with E-state index in [9.17, 15) is 14.9 Å². The first-order valence-electron chi connectivity index (χ1n) is 13.0. The van der Waals surface area contributed by atoms with Crippen molar-refractivity contribution in [2.75, 3.05) is 11.4 Å². The van der Waals surface area contributed by atoms with Gasteiger partial charge in [0.15, 0.2) is 0 Å². The molecule has 6 rings (SSSR count). The molecule has 194 valence electrons. The van der Waals surface area contributed by atoms with Crippen LogP contribution in [0.3, 0.4) is 0 Å². The summed E-state index contributed by atoms with van der Waals surface area (Å²) in [6.07, 6.45) is 7.64. The first kappa shape index (κ1) is 24.6. The molecule has 3 heterocycles. The zero-order valence-electron chi connectivity index (χ0n) is 21.6. The molecule has 2 saturated carbocycles. The number of hydrogen-bond acceptors (Lipinski definition) is 5. The molecule has 3 aromatic rings. The summed E-state index contributed by atoms with van der Waals surface area (Å²) in [5, 5.41) is 17.7. The molecular weight excluding hydrogens is 500 g/mol. The number of nitrogens with one attached hydrogen (secondary N) is 1. The molecule has 2 aliphatic carbocycles. The molecule has 3 aliphatic rings. The number of nitrogens with zero attached hydrogens (tertiary/aromatic N) is 5. The van der Waals surface area contributed by atoms with Crippen LogP contribution < -0.4 is 10.2 Å². The Labute approximate surface area is 226 Å². The molecule has 1 aliphatic heterocycles. The Morgan fingerprint density at radius 2 is 2.08 bits per heavy atom. The molecule has 9 heteroatoms. The van der Waals surface area contributed by atoms with Gasteiger partial charge in [0.05, 0.1) is 29.4 Å². The Hall–Kier alpha value is -3.70. The molecule has 3 fully saturated rings. The van der Waals surface area contributed by atoms with Crippen molar-refractivity contribution in [1.29, 1.82) is 5.26 Å². The molecule has 2 amide bonds. The van der Waals surface area contributed by atoms with Crippen LogP contribution in [0.1, 0.15) is 71.8 Å². The highest BCUT2D eigenvalue weighted by Crippen LogP contribution is 2.47. The third-order valence-corrected chi connectivity index (χ3v) is 8.76. The highest BCUT2D eigenvalue weighted by Gasteiger charge is 2.52. The Morgan fingerprint density at radius 1 is 1.29 bits per heavy atom. The molecule has 1 aromatic carbocycles. The fraction of sp³-hybridized carbons (Fsp3) is 0.414. The van der Waals surface area contributed by atoms with Crippen molar-refractivity contribution in [3.8, 4) is 6.07 Å². The van der Waals surface area contributed by atoms with Gasteiger partial charge < -0.3 is 5.32 Å². The van der Waals surface area contributed by atoms with Crippen molar-refractivity contribution < 1.29 is 9.59 Å². The van der Waals surface area contributed by atoms with Crippen LogP contribution in [0.15, 0.2) is 42.9 Å². The first-order chi connectivity index (χ1) is 18.2. The zero-order chi connectivity index (χ0) is 26.8. The maximum absolute atomic E-state index is 13.0. The highest BCUT2D eigenvalue weighted by molar-refractivity contribution is 6.30. The fourth-order valence-electron chi connectivity index (χ4n) is 6.16. The highest BCUT2D eigenvalue weighted by atomic mass is 35.5. The summed E-state index contributed by atoms with van der Waals surface area (Å²) in [6.45, 7) is 6.90. The molecular formula is C29H29ClN6O2. The van der Waals surface area contributed by atoms with Crippen molar-refractivity contribution in [3.63, 3.8) is 0 Å². The van der Waals surface area contributed by atoms with Crippen molar-refractivity contribution in [3.05, 3.63) is 75.7 Å². The van der Waals surface area contributed by atoms with Gasteiger partial charge in [-0.15, -0.1) is 0 Å². The number of halogens is 1. The number of carbonyl (C=O) groups is 2. The summed E-state index contributed by atoms with van der Waals surface area (Å²) in [4.78, 5) is 31.8. The number of benzene rings is 1. The maximum atomic E-state index is 13.0. The number of rotatable bonds is 6. The molecule has 1 unspecified atom stereocenters.